The zero-order valence-electron chi connectivity index (χ0n) is 9.19. The van der Waals surface area contributed by atoms with Gasteiger partial charge in [0.05, 0.1) is 37.6 Å². The molecule has 0 aromatic carbocycles. The van der Waals surface area contributed by atoms with E-state index in [1.807, 2.05) is 0 Å². The zero-order valence-corrected chi connectivity index (χ0v) is 9.94. The van der Waals surface area contributed by atoms with Crippen LogP contribution in [0, 0.1) is 0 Å². The van der Waals surface area contributed by atoms with Crippen molar-refractivity contribution in [3.8, 4) is 5.88 Å². The lowest BCUT2D eigenvalue weighted by Crippen LogP contribution is -2.10. The lowest BCUT2D eigenvalue weighted by atomic mass is 10.5. The van der Waals surface area contributed by atoms with Crippen LogP contribution in [-0.4, -0.2) is 43.5 Å². The van der Waals surface area contributed by atoms with Crippen LogP contribution in [0.5, 0.6) is 5.88 Å². The number of ether oxygens (including phenoxy) is 3. The van der Waals surface area contributed by atoms with Crippen LogP contribution in [0.15, 0.2) is 12.4 Å². The average molecular weight is 247 g/mol. The van der Waals surface area contributed by atoms with Crippen LogP contribution in [0.1, 0.15) is 5.69 Å². The third kappa shape index (κ3) is 5.25. The highest BCUT2D eigenvalue weighted by atomic mass is 35.5. The first kappa shape index (κ1) is 13.2. The number of halogens is 1. The molecule has 0 aliphatic rings. The summed E-state index contributed by atoms with van der Waals surface area (Å²) >= 11 is 5.62. The highest BCUT2D eigenvalue weighted by molar-refractivity contribution is 6.16. The van der Waals surface area contributed by atoms with Gasteiger partial charge in [-0.3, -0.25) is 4.98 Å². The lowest BCUT2D eigenvalue weighted by molar-refractivity contribution is 0.0536. The minimum Gasteiger partial charge on any atom is -0.474 e. The van der Waals surface area contributed by atoms with Gasteiger partial charge in [-0.25, -0.2) is 4.98 Å². The lowest BCUT2D eigenvalue weighted by Gasteiger charge is -2.06. The Balaban J connectivity index is 2.16. The molecular weight excluding hydrogens is 232 g/mol. The Labute approximate surface area is 99.7 Å². The SMILES string of the molecule is COCCOCCOc1cncc(CCl)n1. The van der Waals surface area contributed by atoms with Gasteiger partial charge in [0.15, 0.2) is 0 Å². The van der Waals surface area contributed by atoms with Gasteiger partial charge in [-0.05, 0) is 0 Å². The Morgan fingerprint density at radius 2 is 2.00 bits per heavy atom. The smallest absolute Gasteiger partial charge is 0.232 e. The second-order valence-corrected chi connectivity index (χ2v) is 3.20. The van der Waals surface area contributed by atoms with Gasteiger partial charge < -0.3 is 14.2 Å². The molecule has 0 amide bonds. The summed E-state index contributed by atoms with van der Waals surface area (Å²) in [5, 5.41) is 0. The van der Waals surface area contributed by atoms with Crippen molar-refractivity contribution < 1.29 is 14.2 Å². The summed E-state index contributed by atoms with van der Waals surface area (Å²) in [4.78, 5) is 8.08. The summed E-state index contributed by atoms with van der Waals surface area (Å²) in [5.74, 6) is 0.794. The van der Waals surface area contributed by atoms with Gasteiger partial charge in [-0.1, -0.05) is 0 Å². The second kappa shape index (κ2) is 8.27. The summed E-state index contributed by atoms with van der Waals surface area (Å²) in [6.07, 6.45) is 3.15. The Morgan fingerprint density at radius 3 is 2.75 bits per heavy atom. The molecule has 0 spiro atoms. The second-order valence-electron chi connectivity index (χ2n) is 2.94. The quantitative estimate of drug-likeness (QED) is 0.511. The van der Waals surface area contributed by atoms with Crippen LogP contribution in [0.4, 0.5) is 0 Å². The average Bonchev–Trinajstić information content (AvgIpc) is 2.34. The van der Waals surface area contributed by atoms with Gasteiger partial charge in [-0.2, -0.15) is 0 Å². The number of aromatic nitrogens is 2. The third-order valence-corrected chi connectivity index (χ3v) is 1.98. The van der Waals surface area contributed by atoms with Gasteiger partial charge in [-0.15, -0.1) is 11.6 Å². The molecule has 6 heteroatoms. The molecule has 1 aromatic heterocycles. The number of hydrogen-bond donors (Lipinski definition) is 0. The molecule has 0 N–H and O–H groups in total. The van der Waals surface area contributed by atoms with Crippen LogP contribution in [0.2, 0.25) is 0 Å². The van der Waals surface area contributed by atoms with E-state index in [-0.39, 0.29) is 0 Å². The number of nitrogens with zero attached hydrogens (tertiary/aromatic N) is 2. The van der Waals surface area contributed by atoms with E-state index in [2.05, 4.69) is 9.97 Å². The predicted octanol–water partition coefficient (Wildman–Crippen LogP) is 1.26. The zero-order chi connectivity index (χ0) is 11.6. The van der Waals surface area contributed by atoms with Crippen molar-refractivity contribution in [2.45, 2.75) is 5.88 Å². The molecular formula is C10H15ClN2O3. The van der Waals surface area contributed by atoms with E-state index >= 15 is 0 Å². The van der Waals surface area contributed by atoms with Gasteiger partial charge in [0.1, 0.15) is 6.61 Å². The maximum atomic E-state index is 5.62. The fourth-order valence-corrected chi connectivity index (χ4v) is 1.10. The predicted molar refractivity (Wildman–Crippen MR) is 59.8 cm³/mol. The van der Waals surface area contributed by atoms with Crippen molar-refractivity contribution in [1.29, 1.82) is 0 Å². The highest BCUT2D eigenvalue weighted by Crippen LogP contribution is 2.06. The van der Waals surface area contributed by atoms with E-state index in [9.17, 15) is 0 Å². The van der Waals surface area contributed by atoms with Crippen LogP contribution >= 0.6 is 11.6 Å². The van der Waals surface area contributed by atoms with Gasteiger partial charge in [0.25, 0.3) is 0 Å². The fourth-order valence-electron chi connectivity index (χ4n) is 0.970. The van der Waals surface area contributed by atoms with Crippen LogP contribution in [0.25, 0.3) is 0 Å². The number of hydrogen-bond acceptors (Lipinski definition) is 5. The first-order valence-corrected chi connectivity index (χ1v) is 5.46. The molecule has 1 heterocycles. The fraction of sp³-hybridized carbons (Fsp3) is 0.600. The van der Waals surface area contributed by atoms with Crippen molar-refractivity contribution >= 4 is 11.6 Å². The third-order valence-electron chi connectivity index (χ3n) is 1.71. The van der Waals surface area contributed by atoms with Crippen molar-refractivity contribution in [2.75, 3.05) is 33.5 Å². The largest absolute Gasteiger partial charge is 0.474 e. The van der Waals surface area contributed by atoms with Crippen LogP contribution < -0.4 is 4.74 Å². The van der Waals surface area contributed by atoms with Crippen LogP contribution in [-0.2, 0) is 15.4 Å². The summed E-state index contributed by atoms with van der Waals surface area (Å²) in [6, 6.07) is 0. The summed E-state index contributed by atoms with van der Waals surface area (Å²) < 4.78 is 15.4. The molecule has 0 aliphatic carbocycles. The molecule has 90 valence electrons. The molecule has 0 saturated carbocycles. The normalized spacial score (nSPS) is 10.4. The van der Waals surface area contributed by atoms with E-state index in [0.717, 1.165) is 0 Å². The standard InChI is InChI=1S/C10H15ClN2O3/c1-14-2-3-15-4-5-16-10-8-12-7-9(6-11)13-10/h7-8H,2-6H2,1H3. The van der Waals surface area contributed by atoms with E-state index in [4.69, 9.17) is 25.8 Å². The molecule has 0 bridgehead atoms. The first-order valence-electron chi connectivity index (χ1n) is 4.93. The van der Waals surface area contributed by atoms with Crippen LogP contribution in [0.3, 0.4) is 0 Å². The van der Waals surface area contributed by atoms with E-state index in [0.29, 0.717) is 43.9 Å². The number of methoxy groups -OCH3 is 1. The maximum Gasteiger partial charge on any atom is 0.232 e. The Bertz CT molecular complexity index is 299. The van der Waals surface area contributed by atoms with E-state index < -0.39 is 0 Å². The summed E-state index contributed by atoms with van der Waals surface area (Å²) in [6.45, 7) is 2.08. The highest BCUT2D eigenvalue weighted by Gasteiger charge is 1.98. The van der Waals surface area contributed by atoms with Gasteiger partial charge in [0.2, 0.25) is 5.88 Å². The maximum absolute atomic E-state index is 5.62. The minimum absolute atomic E-state index is 0.328. The van der Waals surface area contributed by atoms with Crippen molar-refractivity contribution in [2.24, 2.45) is 0 Å². The Kier molecular flexibility index (Phi) is 6.80. The van der Waals surface area contributed by atoms with Crippen molar-refractivity contribution in [1.82, 2.24) is 9.97 Å². The molecule has 0 radical (unpaired) electrons. The van der Waals surface area contributed by atoms with Gasteiger partial charge in [0, 0.05) is 13.3 Å². The molecule has 5 nitrogen and oxygen atoms in total. The van der Waals surface area contributed by atoms with E-state index in [1.54, 1.807) is 19.5 Å². The topological polar surface area (TPSA) is 53.5 Å². The summed E-state index contributed by atoms with van der Waals surface area (Å²) in [7, 11) is 1.63. The van der Waals surface area contributed by atoms with E-state index in [1.165, 1.54) is 0 Å². The minimum atomic E-state index is 0.328. The Morgan fingerprint density at radius 1 is 1.19 bits per heavy atom. The molecule has 0 atom stereocenters. The number of alkyl halides is 1. The molecule has 0 fully saturated rings. The molecule has 16 heavy (non-hydrogen) atoms. The molecule has 1 rings (SSSR count). The van der Waals surface area contributed by atoms with Crippen molar-refractivity contribution in [3.63, 3.8) is 0 Å². The first-order chi connectivity index (χ1) is 7.86. The monoisotopic (exact) mass is 246 g/mol. The molecule has 0 unspecified atom stereocenters. The van der Waals surface area contributed by atoms with Crippen molar-refractivity contribution in [3.05, 3.63) is 18.1 Å². The Hall–Kier alpha value is -0.910. The molecule has 0 aliphatic heterocycles. The molecule has 0 saturated heterocycles. The summed E-state index contributed by atoms with van der Waals surface area (Å²) in [5.41, 5.74) is 0.694. The molecule has 1 aromatic rings. The number of rotatable bonds is 8. The van der Waals surface area contributed by atoms with Gasteiger partial charge >= 0.3 is 0 Å².